The molecule has 0 unspecified atom stereocenters. The van der Waals surface area contributed by atoms with Crippen molar-refractivity contribution in [1.29, 1.82) is 0 Å². The fraction of sp³-hybridized carbons (Fsp3) is 0.250. The average molecular weight is 381 g/mol. The summed E-state index contributed by atoms with van der Waals surface area (Å²) in [7, 11) is 0. The molecular weight excluding hydrogens is 364 g/mol. The number of carbonyl (C=O) groups is 1. The Bertz CT molecular complexity index is 1260. The minimum atomic E-state index is -1.06. The number of hydrogen-bond acceptors (Lipinski definition) is 3. The lowest BCUT2D eigenvalue weighted by Gasteiger charge is -2.10. The van der Waals surface area contributed by atoms with Gasteiger partial charge in [0.1, 0.15) is 12.0 Å². The number of hydrogen-bond donors (Lipinski definition) is 2. The lowest BCUT2D eigenvalue weighted by Crippen LogP contribution is -2.15. The van der Waals surface area contributed by atoms with Gasteiger partial charge in [0.25, 0.3) is 0 Å². The molecule has 1 aromatic carbocycles. The standard InChI is InChI=1S/C20H17F2N5O/c1-9-14(21)8-16-19(10(2)24-25-16)18(9)11-3-4-27-12(5-11)6-17(26-27)23-20(28)13-7-15(13)22/h3-6,8,13,15H,7H2,1-2H3,(H,24,25)(H,23,26,28)/t13-,15+/m1/s1. The summed E-state index contributed by atoms with van der Waals surface area (Å²) in [4.78, 5) is 11.9. The Morgan fingerprint density at radius 1 is 1.32 bits per heavy atom. The number of H-pyrrole nitrogens is 1. The molecule has 0 saturated heterocycles. The molecule has 1 fully saturated rings. The Morgan fingerprint density at radius 3 is 2.86 bits per heavy atom. The van der Waals surface area contributed by atoms with Crippen LogP contribution in [-0.2, 0) is 4.79 Å². The highest BCUT2D eigenvalue weighted by atomic mass is 19.1. The molecule has 0 spiro atoms. The number of benzene rings is 1. The van der Waals surface area contributed by atoms with E-state index >= 15 is 0 Å². The van der Waals surface area contributed by atoms with Crippen molar-refractivity contribution in [3.8, 4) is 11.1 Å². The fourth-order valence-corrected chi connectivity index (χ4v) is 3.64. The lowest BCUT2D eigenvalue weighted by atomic mass is 9.95. The first-order valence-corrected chi connectivity index (χ1v) is 9.01. The van der Waals surface area contributed by atoms with Crippen LogP contribution in [0.15, 0.2) is 30.5 Å². The third kappa shape index (κ3) is 2.56. The smallest absolute Gasteiger partial charge is 0.231 e. The van der Waals surface area contributed by atoms with Crippen LogP contribution < -0.4 is 5.32 Å². The van der Waals surface area contributed by atoms with Crippen LogP contribution in [0.25, 0.3) is 27.5 Å². The Hall–Kier alpha value is -3.29. The Kier molecular flexibility index (Phi) is 3.52. The summed E-state index contributed by atoms with van der Waals surface area (Å²) in [6.45, 7) is 3.62. The number of aromatic nitrogens is 4. The molecule has 6 nitrogen and oxygen atoms in total. The lowest BCUT2D eigenvalue weighted by molar-refractivity contribution is -0.117. The van der Waals surface area contributed by atoms with Gasteiger partial charge in [-0.2, -0.15) is 10.2 Å². The van der Waals surface area contributed by atoms with Gasteiger partial charge in [0.2, 0.25) is 5.91 Å². The number of amides is 1. The average Bonchev–Trinajstić information content (AvgIpc) is 3.09. The monoisotopic (exact) mass is 381 g/mol. The number of nitrogens with one attached hydrogen (secondary N) is 2. The molecule has 0 bridgehead atoms. The molecule has 28 heavy (non-hydrogen) atoms. The fourth-order valence-electron chi connectivity index (χ4n) is 3.64. The molecule has 0 radical (unpaired) electrons. The Labute approximate surface area is 158 Å². The van der Waals surface area contributed by atoms with Crippen LogP contribution in [0.3, 0.4) is 0 Å². The molecule has 1 saturated carbocycles. The van der Waals surface area contributed by atoms with Gasteiger partial charge in [-0.25, -0.2) is 13.3 Å². The number of halogens is 2. The zero-order valence-corrected chi connectivity index (χ0v) is 15.3. The maximum atomic E-state index is 14.4. The third-order valence-electron chi connectivity index (χ3n) is 5.28. The number of fused-ring (bicyclic) bond motifs is 2. The largest absolute Gasteiger partial charge is 0.309 e. The van der Waals surface area contributed by atoms with Gasteiger partial charge >= 0.3 is 0 Å². The first-order valence-electron chi connectivity index (χ1n) is 9.01. The van der Waals surface area contributed by atoms with Crippen molar-refractivity contribution >= 4 is 28.1 Å². The highest BCUT2D eigenvalue weighted by Gasteiger charge is 2.43. The number of pyridine rings is 1. The molecule has 1 amide bonds. The van der Waals surface area contributed by atoms with E-state index in [0.717, 1.165) is 27.7 Å². The van der Waals surface area contributed by atoms with Crippen LogP contribution >= 0.6 is 0 Å². The van der Waals surface area contributed by atoms with Gasteiger partial charge in [-0.1, -0.05) is 0 Å². The van der Waals surface area contributed by atoms with Crippen LogP contribution in [-0.4, -0.2) is 31.9 Å². The van der Waals surface area contributed by atoms with Gasteiger partial charge in [-0.3, -0.25) is 9.89 Å². The summed E-state index contributed by atoms with van der Waals surface area (Å²) in [5.41, 5.74) is 4.30. The van der Waals surface area contributed by atoms with Gasteiger partial charge in [0.05, 0.1) is 22.6 Å². The number of rotatable bonds is 3. The summed E-state index contributed by atoms with van der Waals surface area (Å²) < 4.78 is 29.1. The SMILES string of the molecule is Cc1c(F)cc2[nH]nc(C)c2c1-c1ccn2nc(NC(=O)[C@@H]3C[C@@H]3F)cc2c1. The van der Waals surface area contributed by atoms with E-state index in [2.05, 4.69) is 20.6 Å². The van der Waals surface area contributed by atoms with Gasteiger partial charge in [-0.15, -0.1) is 0 Å². The zero-order valence-electron chi connectivity index (χ0n) is 15.3. The molecule has 1 aliphatic carbocycles. The quantitative estimate of drug-likeness (QED) is 0.565. The van der Waals surface area contributed by atoms with Gasteiger partial charge in [-0.05, 0) is 55.2 Å². The molecule has 4 aromatic rings. The molecule has 3 aromatic heterocycles. The van der Waals surface area contributed by atoms with Crippen LogP contribution in [0.4, 0.5) is 14.6 Å². The van der Waals surface area contributed by atoms with Gasteiger partial charge in [0, 0.05) is 17.6 Å². The molecule has 5 rings (SSSR count). The molecule has 142 valence electrons. The third-order valence-corrected chi connectivity index (χ3v) is 5.28. The van der Waals surface area contributed by atoms with Crippen LogP contribution in [0.2, 0.25) is 0 Å². The molecule has 2 N–H and O–H groups in total. The van der Waals surface area contributed by atoms with Crippen molar-refractivity contribution in [1.82, 2.24) is 19.8 Å². The van der Waals surface area contributed by atoms with Crippen molar-refractivity contribution in [3.63, 3.8) is 0 Å². The molecule has 2 atom stereocenters. The van der Waals surface area contributed by atoms with Gasteiger partial charge < -0.3 is 5.32 Å². The molecule has 3 heterocycles. The van der Waals surface area contributed by atoms with Crippen LogP contribution in [0.5, 0.6) is 0 Å². The molecule has 1 aliphatic rings. The van der Waals surface area contributed by atoms with Crippen LogP contribution in [0, 0.1) is 25.6 Å². The first-order chi connectivity index (χ1) is 13.4. The summed E-state index contributed by atoms with van der Waals surface area (Å²) in [5, 5.41) is 14.9. The number of alkyl halides is 1. The van der Waals surface area contributed by atoms with Crippen molar-refractivity contribution in [2.45, 2.75) is 26.4 Å². The summed E-state index contributed by atoms with van der Waals surface area (Å²) >= 11 is 0. The van der Waals surface area contributed by atoms with E-state index in [1.165, 1.54) is 6.07 Å². The first kappa shape index (κ1) is 16.9. The highest BCUT2D eigenvalue weighted by molar-refractivity contribution is 5.99. The maximum absolute atomic E-state index is 14.4. The number of carbonyl (C=O) groups excluding carboxylic acids is 1. The van der Waals surface area contributed by atoms with Crippen molar-refractivity contribution < 1.29 is 13.6 Å². The van der Waals surface area contributed by atoms with Gasteiger partial charge in [0.15, 0.2) is 5.82 Å². The Morgan fingerprint density at radius 2 is 2.11 bits per heavy atom. The van der Waals surface area contributed by atoms with E-state index in [4.69, 9.17) is 0 Å². The highest BCUT2D eigenvalue weighted by Crippen LogP contribution is 2.36. The second-order valence-corrected chi connectivity index (χ2v) is 7.25. The van der Waals surface area contributed by atoms with E-state index in [1.807, 2.05) is 19.1 Å². The maximum Gasteiger partial charge on any atom is 0.231 e. The normalized spacial score (nSPS) is 18.7. The van der Waals surface area contributed by atoms with E-state index in [0.29, 0.717) is 16.9 Å². The van der Waals surface area contributed by atoms with E-state index in [1.54, 1.807) is 23.7 Å². The predicted octanol–water partition coefficient (Wildman–Crippen LogP) is 3.93. The number of aromatic amines is 1. The van der Waals surface area contributed by atoms with E-state index < -0.39 is 12.1 Å². The number of anilines is 1. The minimum absolute atomic E-state index is 0.266. The summed E-state index contributed by atoms with van der Waals surface area (Å²) in [6, 6.07) is 6.89. The van der Waals surface area contributed by atoms with E-state index in [-0.39, 0.29) is 18.1 Å². The second-order valence-electron chi connectivity index (χ2n) is 7.25. The number of nitrogens with zero attached hydrogens (tertiary/aromatic N) is 3. The van der Waals surface area contributed by atoms with E-state index in [9.17, 15) is 13.6 Å². The Balaban J connectivity index is 1.59. The summed E-state index contributed by atoms with van der Waals surface area (Å²) in [6.07, 6.45) is 0.962. The minimum Gasteiger partial charge on any atom is -0.309 e. The second kappa shape index (κ2) is 5.85. The topological polar surface area (TPSA) is 75.1 Å². The zero-order chi connectivity index (χ0) is 19.6. The predicted molar refractivity (Wildman–Crippen MR) is 101 cm³/mol. The van der Waals surface area contributed by atoms with Crippen LogP contribution in [0.1, 0.15) is 17.7 Å². The van der Waals surface area contributed by atoms with Crippen molar-refractivity contribution in [2.24, 2.45) is 5.92 Å². The summed E-state index contributed by atoms with van der Waals surface area (Å²) in [5.74, 6) is -0.875. The molecule has 0 aliphatic heterocycles. The number of aryl methyl sites for hydroxylation is 1. The van der Waals surface area contributed by atoms with Crippen molar-refractivity contribution in [3.05, 3.63) is 47.5 Å². The molecule has 8 heteroatoms. The van der Waals surface area contributed by atoms with Crippen molar-refractivity contribution in [2.75, 3.05) is 5.32 Å². The molecular formula is C20H17F2N5O.